The monoisotopic (exact) mass is 343 g/mol. The Hall–Kier alpha value is -1.64. The van der Waals surface area contributed by atoms with Gasteiger partial charge in [-0.15, -0.1) is 10.2 Å². The molecule has 110 valence electrons. The standard InChI is InChI=1S/C12H10ClN3O3S2/c1-6-4-7(2-3-8(6)13)10(19)14-11-15-16-12(21-11)20-5-9(17)18/h2-4H,5H2,1H3,(H,17,18)(H,14,15,19). The molecule has 9 heteroatoms. The number of hydrogen-bond acceptors (Lipinski definition) is 6. The molecule has 6 nitrogen and oxygen atoms in total. The van der Waals surface area contributed by atoms with Crippen molar-refractivity contribution in [1.29, 1.82) is 0 Å². The van der Waals surface area contributed by atoms with Crippen LogP contribution in [0, 0.1) is 6.92 Å². The van der Waals surface area contributed by atoms with E-state index in [0.717, 1.165) is 28.7 Å². The molecular formula is C12H10ClN3O3S2. The zero-order chi connectivity index (χ0) is 15.4. The molecule has 0 saturated carbocycles. The van der Waals surface area contributed by atoms with Crippen molar-refractivity contribution >= 4 is 51.7 Å². The maximum absolute atomic E-state index is 12.0. The number of anilines is 1. The number of carboxylic acids is 1. The van der Waals surface area contributed by atoms with Crippen LogP contribution in [0.4, 0.5) is 5.13 Å². The number of benzene rings is 1. The van der Waals surface area contributed by atoms with Crippen LogP contribution in [-0.2, 0) is 4.79 Å². The van der Waals surface area contributed by atoms with E-state index in [0.29, 0.717) is 20.1 Å². The summed E-state index contributed by atoms with van der Waals surface area (Å²) in [5.41, 5.74) is 1.27. The molecule has 1 heterocycles. The lowest BCUT2D eigenvalue weighted by Gasteiger charge is -2.03. The van der Waals surface area contributed by atoms with Crippen molar-refractivity contribution in [3.05, 3.63) is 34.3 Å². The van der Waals surface area contributed by atoms with E-state index in [1.54, 1.807) is 18.2 Å². The van der Waals surface area contributed by atoms with Gasteiger partial charge in [-0.3, -0.25) is 14.9 Å². The molecule has 0 aliphatic rings. The summed E-state index contributed by atoms with van der Waals surface area (Å²) in [6, 6.07) is 4.95. The molecule has 0 radical (unpaired) electrons. The van der Waals surface area contributed by atoms with E-state index in [2.05, 4.69) is 15.5 Å². The van der Waals surface area contributed by atoms with Gasteiger partial charge in [0.15, 0.2) is 4.34 Å². The van der Waals surface area contributed by atoms with Gasteiger partial charge in [0.2, 0.25) is 5.13 Å². The zero-order valence-corrected chi connectivity index (χ0v) is 13.2. The van der Waals surface area contributed by atoms with Gasteiger partial charge in [0.25, 0.3) is 5.91 Å². The summed E-state index contributed by atoms with van der Waals surface area (Å²) >= 11 is 8.08. The quantitative estimate of drug-likeness (QED) is 0.640. The second kappa shape index (κ2) is 6.88. The van der Waals surface area contributed by atoms with E-state index in [1.165, 1.54) is 0 Å². The minimum absolute atomic E-state index is 0.0983. The summed E-state index contributed by atoms with van der Waals surface area (Å²) in [5, 5.41) is 19.7. The minimum atomic E-state index is -0.933. The van der Waals surface area contributed by atoms with E-state index in [4.69, 9.17) is 16.7 Å². The number of amides is 1. The van der Waals surface area contributed by atoms with Gasteiger partial charge in [-0.25, -0.2) is 0 Å². The summed E-state index contributed by atoms with van der Waals surface area (Å²) < 4.78 is 0.486. The van der Waals surface area contributed by atoms with Gasteiger partial charge in [0.05, 0.1) is 5.75 Å². The number of nitrogens with one attached hydrogen (secondary N) is 1. The first kappa shape index (κ1) is 15.7. The Morgan fingerprint density at radius 2 is 2.19 bits per heavy atom. The Morgan fingerprint density at radius 3 is 2.86 bits per heavy atom. The average molecular weight is 344 g/mol. The number of nitrogens with zero attached hydrogens (tertiary/aromatic N) is 2. The number of carbonyl (C=O) groups is 2. The van der Waals surface area contributed by atoms with Crippen molar-refractivity contribution in [3.63, 3.8) is 0 Å². The molecule has 0 saturated heterocycles. The molecule has 0 aliphatic heterocycles. The molecular weight excluding hydrogens is 334 g/mol. The highest BCUT2D eigenvalue weighted by molar-refractivity contribution is 8.01. The van der Waals surface area contributed by atoms with Crippen LogP contribution in [0.3, 0.4) is 0 Å². The molecule has 1 aromatic carbocycles. The third kappa shape index (κ3) is 4.42. The number of aromatic nitrogens is 2. The van der Waals surface area contributed by atoms with Crippen LogP contribution >= 0.6 is 34.7 Å². The molecule has 0 unspecified atom stereocenters. The first-order chi connectivity index (χ1) is 9.95. The average Bonchev–Trinajstić information content (AvgIpc) is 2.87. The number of hydrogen-bond donors (Lipinski definition) is 2. The Bertz CT molecular complexity index is 690. The van der Waals surface area contributed by atoms with Crippen LogP contribution in [0.5, 0.6) is 0 Å². The molecule has 2 rings (SSSR count). The van der Waals surface area contributed by atoms with Crippen molar-refractivity contribution < 1.29 is 14.7 Å². The molecule has 0 spiro atoms. The molecule has 0 atom stereocenters. The van der Waals surface area contributed by atoms with Crippen molar-refractivity contribution in [1.82, 2.24) is 10.2 Å². The highest BCUT2D eigenvalue weighted by atomic mass is 35.5. The smallest absolute Gasteiger partial charge is 0.313 e. The summed E-state index contributed by atoms with van der Waals surface area (Å²) in [6.45, 7) is 1.81. The number of halogens is 1. The predicted octanol–water partition coefficient (Wildman–Crippen LogP) is 2.93. The summed E-state index contributed by atoms with van der Waals surface area (Å²) in [7, 11) is 0. The topological polar surface area (TPSA) is 92.2 Å². The van der Waals surface area contributed by atoms with Gasteiger partial charge in [0.1, 0.15) is 0 Å². The SMILES string of the molecule is Cc1cc(C(=O)Nc2nnc(SCC(=O)O)s2)ccc1Cl. The maximum Gasteiger partial charge on any atom is 0.313 e. The molecule has 0 bridgehead atoms. The number of carboxylic acid groups (broad SMARTS) is 1. The Labute approximate surface area is 133 Å². The fraction of sp³-hybridized carbons (Fsp3) is 0.167. The largest absolute Gasteiger partial charge is 0.481 e. The van der Waals surface area contributed by atoms with E-state index < -0.39 is 5.97 Å². The lowest BCUT2D eigenvalue weighted by Crippen LogP contribution is -2.11. The molecule has 2 N–H and O–H groups in total. The molecule has 1 aromatic heterocycles. The van der Waals surface area contributed by atoms with Crippen LogP contribution in [0.1, 0.15) is 15.9 Å². The second-order valence-corrected chi connectivity index (χ2v) is 6.58. The number of rotatable bonds is 5. The Balaban J connectivity index is 2.02. The van der Waals surface area contributed by atoms with Gasteiger partial charge in [-0.05, 0) is 30.7 Å². The number of aliphatic carboxylic acids is 1. The van der Waals surface area contributed by atoms with E-state index in [9.17, 15) is 9.59 Å². The van der Waals surface area contributed by atoms with Crippen LogP contribution in [0.15, 0.2) is 22.5 Å². The van der Waals surface area contributed by atoms with Crippen molar-refractivity contribution in [2.45, 2.75) is 11.3 Å². The summed E-state index contributed by atoms with van der Waals surface area (Å²) in [4.78, 5) is 22.5. The van der Waals surface area contributed by atoms with E-state index in [1.807, 2.05) is 6.92 Å². The number of aryl methyl sites for hydroxylation is 1. The third-order valence-corrected chi connectivity index (χ3v) is 4.75. The third-order valence-electron chi connectivity index (χ3n) is 2.37. The normalized spacial score (nSPS) is 10.4. The highest BCUT2D eigenvalue weighted by Gasteiger charge is 2.12. The van der Waals surface area contributed by atoms with Crippen molar-refractivity contribution in [2.24, 2.45) is 0 Å². The second-order valence-electron chi connectivity index (χ2n) is 3.97. The fourth-order valence-corrected chi connectivity index (χ4v) is 2.98. The van der Waals surface area contributed by atoms with Gasteiger partial charge in [-0.2, -0.15) is 0 Å². The summed E-state index contributed by atoms with van der Waals surface area (Å²) in [5.74, 6) is -1.35. The Kier molecular flexibility index (Phi) is 5.16. The number of thioether (sulfide) groups is 1. The van der Waals surface area contributed by atoms with Crippen LogP contribution in [0.25, 0.3) is 0 Å². The molecule has 2 aromatic rings. The molecule has 21 heavy (non-hydrogen) atoms. The summed E-state index contributed by atoms with van der Waals surface area (Å²) in [6.07, 6.45) is 0. The van der Waals surface area contributed by atoms with Crippen molar-refractivity contribution in [2.75, 3.05) is 11.1 Å². The van der Waals surface area contributed by atoms with Gasteiger partial charge in [-0.1, -0.05) is 34.7 Å². The first-order valence-electron chi connectivity index (χ1n) is 5.71. The Morgan fingerprint density at radius 1 is 1.43 bits per heavy atom. The lowest BCUT2D eigenvalue weighted by atomic mass is 10.1. The van der Waals surface area contributed by atoms with Crippen LogP contribution < -0.4 is 5.32 Å². The molecule has 0 aliphatic carbocycles. The highest BCUT2D eigenvalue weighted by Crippen LogP contribution is 2.25. The van der Waals surface area contributed by atoms with E-state index >= 15 is 0 Å². The van der Waals surface area contributed by atoms with Crippen LogP contribution in [-0.4, -0.2) is 32.9 Å². The van der Waals surface area contributed by atoms with Gasteiger partial charge < -0.3 is 5.11 Å². The van der Waals surface area contributed by atoms with Gasteiger partial charge in [0, 0.05) is 10.6 Å². The van der Waals surface area contributed by atoms with E-state index in [-0.39, 0.29) is 11.7 Å². The molecule has 1 amide bonds. The fourth-order valence-electron chi connectivity index (χ4n) is 1.40. The first-order valence-corrected chi connectivity index (χ1v) is 7.89. The lowest BCUT2D eigenvalue weighted by molar-refractivity contribution is -0.133. The predicted molar refractivity (Wildman–Crippen MR) is 82.4 cm³/mol. The van der Waals surface area contributed by atoms with Gasteiger partial charge >= 0.3 is 5.97 Å². The van der Waals surface area contributed by atoms with Crippen molar-refractivity contribution in [3.8, 4) is 0 Å². The zero-order valence-electron chi connectivity index (χ0n) is 10.8. The van der Waals surface area contributed by atoms with Crippen LogP contribution in [0.2, 0.25) is 5.02 Å². The maximum atomic E-state index is 12.0. The minimum Gasteiger partial charge on any atom is -0.481 e. The molecule has 0 fully saturated rings. The number of carbonyl (C=O) groups excluding carboxylic acids is 1.